The van der Waals surface area contributed by atoms with Gasteiger partial charge in [0.2, 0.25) is 5.76 Å². The minimum atomic E-state index is -1.14. The van der Waals surface area contributed by atoms with Gasteiger partial charge >= 0.3 is 5.97 Å². The topological polar surface area (TPSA) is 76.5 Å². The second kappa shape index (κ2) is 4.91. The molecule has 82 valence electrons. The van der Waals surface area contributed by atoms with Crippen LogP contribution in [0.25, 0.3) is 11.0 Å². The first-order valence-electron chi connectivity index (χ1n) is 3.70. The molecule has 0 saturated heterocycles. The number of nitrogen functional groups attached to an aromatic ring is 1. The third-order valence-electron chi connectivity index (χ3n) is 1.83. The summed E-state index contributed by atoms with van der Waals surface area (Å²) in [6.07, 6.45) is 0. The molecule has 0 saturated carbocycles. The zero-order valence-electron chi connectivity index (χ0n) is 7.47. The van der Waals surface area contributed by atoms with Gasteiger partial charge in [-0.2, -0.15) is 0 Å². The molecular formula is C9H9Cl2NO3. The maximum Gasteiger partial charge on any atom is 0.374 e. The van der Waals surface area contributed by atoms with E-state index in [1.165, 1.54) is 0 Å². The second-order valence-electron chi connectivity index (χ2n) is 2.65. The summed E-state index contributed by atoms with van der Waals surface area (Å²) >= 11 is 0. The number of hydrogen-bond donors (Lipinski definition) is 2. The lowest BCUT2D eigenvalue weighted by Crippen LogP contribution is -1.98. The number of halogens is 2. The second-order valence-corrected chi connectivity index (χ2v) is 2.65. The van der Waals surface area contributed by atoms with E-state index < -0.39 is 5.97 Å². The fraction of sp³-hybridized carbons (Fsp3) is 0. The number of carboxylic acid groups (broad SMARTS) is 1. The van der Waals surface area contributed by atoms with E-state index in [1.807, 2.05) is 0 Å². The van der Waals surface area contributed by atoms with E-state index in [0.717, 1.165) is 0 Å². The Morgan fingerprint density at radius 1 is 1.27 bits per heavy atom. The number of benzene rings is 1. The van der Waals surface area contributed by atoms with E-state index >= 15 is 0 Å². The summed E-state index contributed by atoms with van der Waals surface area (Å²) in [5.41, 5.74) is 6.25. The number of rotatable bonds is 1. The molecule has 2 rings (SSSR count). The van der Waals surface area contributed by atoms with Crippen LogP contribution in [0.15, 0.2) is 28.7 Å². The number of carbonyl (C=O) groups is 1. The van der Waals surface area contributed by atoms with Crippen molar-refractivity contribution < 1.29 is 14.3 Å². The number of anilines is 1. The molecular weight excluding hydrogens is 241 g/mol. The lowest BCUT2D eigenvalue weighted by Gasteiger charge is -1.87. The highest BCUT2D eigenvalue weighted by Gasteiger charge is 2.16. The fourth-order valence-electron chi connectivity index (χ4n) is 1.22. The van der Waals surface area contributed by atoms with Crippen LogP contribution in [0.5, 0.6) is 0 Å². The van der Waals surface area contributed by atoms with Crippen LogP contribution >= 0.6 is 24.8 Å². The molecule has 1 heterocycles. The van der Waals surface area contributed by atoms with Crippen molar-refractivity contribution in [2.24, 2.45) is 0 Å². The summed E-state index contributed by atoms with van der Waals surface area (Å²) in [5, 5.41) is 9.33. The summed E-state index contributed by atoms with van der Waals surface area (Å²) in [7, 11) is 0. The van der Waals surface area contributed by atoms with Crippen LogP contribution in [0, 0.1) is 0 Å². The molecule has 0 fully saturated rings. The van der Waals surface area contributed by atoms with Crippen LogP contribution in [-0.4, -0.2) is 11.1 Å². The van der Waals surface area contributed by atoms with Crippen molar-refractivity contribution in [3.8, 4) is 0 Å². The molecule has 1 aromatic carbocycles. The molecule has 2 aromatic rings. The number of carboxylic acids is 1. The standard InChI is InChI=1S/C9H7NO3.2ClH/c10-7-5-3-1-2-4-6(5)13-8(7)9(11)12;;/h1-4H,10H2,(H,11,12);2*1H. The number of fused-ring (bicyclic) bond motifs is 1. The van der Waals surface area contributed by atoms with E-state index in [4.69, 9.17) is 15.3 Å². The van der Waals surface area contributed by atoms with Crippen LogP contribution in [0.3, 0.4) is 0 Å². The van der Waals surface area contributed by atoms with Gasteiger partial charge in [0.1, 0.15) is 5.58 Å². The summed E-state index contributed by atoms with van der Waals surface area (Å²) in [4.78, 5) is 10.6. The van der Waals surface area contributed by atoms with E-state index in [1.54, 1.807) is 24.3 Å². The van der Waals surface area contributed by atoms with Crippen molar-refractivity contribution in [3.63, 3.8) is 0 Å². The normalized spacial score (nSPS) is 9.07. The highest BCUT2D eigenvalue weighted by atomic mass is 35.5. The molecule has 0 atom stereocenters. The Balaban J connectivity index is 0.000000980. The third-order valence-corrected chi connectivity index (χ3v) is 1.83. The summed E-state index contributed by atoms with van der Waals surface area (Å²) in [6.45, 7) is 0. The number of aromatic carboxylic acids is 1. The fourth-order valence-corrected chi connectivity index (χ4v) is 1.22. The number of furan rings is 1. The van der Waals surface area contributed by atoms with Gasteiger partial charge < -0.3 is 15.3 Å². The van der Waals surface area contributed by atoms with Crippen LogP contribution in [0.1, 0.15) is 10.6 Å². The maximum absolute atomic E-state index is 10.6. The largest absolute Gasteiger partial charge is 0.475 e. The lowest BCUT2D eigenvalue weighted by atomic mass is 10.2. The number of hydrogen-bond acceptors (Lipinski definition) is 3. The van der Waals surface area contributed by atoms with Gasteiger partial charge in [-0.25, -0.2) is 4.79 Å². The smallest absolute Gasteiger partial charge is 0.374 e. The molecule has 0 aliphatic carbocycles. The van der Waals surface area contributed by atoms with Gasteiger partial charge in [0, 0.05) is 5.39 Å². The molecule has 1 aromatic heterocycles. The van der Waals surface area contributed by atoms with E-state index in [9.17, 15) is 4.79 Å². The number of nitrogens with two attached hydrogens (primary N) is 1. The Morgan fingerprint density at radius 2 is 1.87 bits per heavy atom. The van der Waals surface area contributed by atoms with Gasteiger partial charge in [-0.3, -0.25) is 0 Å². The monoisotopic (exact) mass is 249 g/mol. The molecule has 0 amide bonds. The highest BCUT2D eigenvalue weighted by molar-refractivity contribution is 6.02. The highest BCUT2D eigenvalue weighted by Crippen LogP contribution is 2.27. The summed E-state index contributed by atoms with van der Waals surface area (Å²) in [6, 6.07) is 6.94. The lowest BCUT2D eigenvalue weighted by molar-refractivity contribution is 0.0666. The average molecular weight is 250 g/mol. The van der Waals surface area contributed by atoms with Crippen LogP contribution in [0.2, 0.25) is 0 Å². The average Bonchev–Trinajstić information content (AvgIpc) is 2.45. The predicted octanol–water partition coefficient (Wildman–Crippen LogP) is 2.56. The first kappa shape index (κ1) is 13.6. The van der Waals surface area contributed by atoms with E-state index in [-0.39, 0.29) is 36.3 Å². The molecule has 0 spiro atoms. The molecule has 0 bridgehead atoms. The third kappa shape index (κ3) is 2.16. The predicted molar refractivity (Wildman–Crippen MR) is 62.1 cm³/mol. The zero-order valence-corrected chi connectivity index (χ0v) is 9.10. The minimum Gasteiger partial charge on any atom is -0.475 e. The Bertz CT molecular complexity index is 481. The molecule has 0 aliphatic rings. The number of para-hydroxylation sites is 1. The van der Waals surface area contributed by atoms with Crippen LogP contribution < -0.4 is 5.73 Å². The first-order valence-corrected chi connectivity index (χ1v) is 3.70. The van der Waals surface area contributed by atoms with Crippen molar-refractivity contribution in [2.45, 2.75) is 0 Å². The molecule has 0 radical (unpaired) electrons. The van der Waals surface area contributed by atoms with Gasteiger partial charge in [0.25, 0.3) is 0 Å². The quantitative estimate of drug-likeness (QED) is 0.815. The van der Waals surface area contributed by atoms with E-state index in [2.05, 4.69) is 0 Å². The van der Waals surface area contributed by atoms with Crippen LogP contribution in [0.4, 0.5) is 5.69 Å². The van der Waals surface area contributed by atoms with Crippen molar-refractivity contribution in [2.75, 3.05) is 5.73 Å². The molecule has 0 unspecified atom stereocenters. The van der Waals surface area contributed by atoms with Gasteiger partial charge in [-0.15, -0.1) is 24.8 Å². The Hall–Kier alpha value is -1.39. The van der Waals surface area contributed by atoms with Gasteiger partial charge in [0.05, 0.1) is 5.69 Å². The SMILES string of the molecule is Cl.Cl.Nc1c(C(=O)O)oc2ccccc12. The Kier molecular flexibility index (Phi) is 4.45. The van der Waals surface area contributed by atoms with E-state index in [0.29, 0.717) is 11.0 Å². The van der Waals surface area contributed by atoms with Crippen molar-refractivity contribution in [3.05, 3.63) is 30.0 Å². The molecule has 0 aliphatic heterocycles. The zero-order chi connectivity index (χ0) is 9.42. The molecule has 15 heavy (non-hydrogen) atoms. The van der Waals surface area contributed by atoms with Gasteiger partial charge in [0.15, 0.2) is 0 Å². The van der Waals surface area contributed by atoms with Crippen LogP contribution in [-0.2, 0) is 0 Å². The van der Waals surface area contributed by atoms with Gasteiger partial charge in [-0.1, -0.05) is 12.1 Å². The summed E-state index contributed by atoms with van der Waals surface area (Å²) < 4.78 is 5.04. The molecule has 6 heteroatoms. The molecule has 4 nitrogen and oxygen atoms in total. The minimum absolute atomic E-state index is 0. The molecule has 3 N–H and O–H groups in total. The van der Waals surface area contributed by atoms with Crippen molar-refractivity contribution in [1.29, 1.82) is 0 Å². The Labute approximate surface area is 97.9 Å². The van der Waals surface area contributed by atoms with Gasteiger partial charge in [-0.05, 0) is 12.1 Å². The van der Waals surface area contributed by atoms with Crippen molar-refractivity contribution >= 4 is 47.4 Å². The van der Waals surface area contributed by atoms with Crippen molar-refractivity contribution in [1.82, 2.24) is 0 Å². The summed E-state index contributed by atoms with van der Waals surface area (Å²) in [5.74, 6) is -1.34. The Morgan fingerprint density at radius 3 is 2.40 bits per heavy atom. The maximum atomic E-state index is 10.6. The first-order chi connectivity index (χ1) is 6.20.